The van der Waals surface area contributed by atoms with Gasteiger partial charge in [0.05, 0.1) is 52.3 Å². The van der Waals surface area contributed by atoms with Crippen LogP contribution < -0.4 is 32.3 Å². The van der Waals surface area contributed by atoms with Gasteiger partial charge in [-0.05, 0) is 43.4 Å². The van der Waals surface area contributed by atoms with E-state index in [0.717, 1.165) is 0 Å². The SMILES string of the molecule is C=NOCC(=O)N[C@H](C(=O)N[C@@H](CCCNC(N)=O)C(=O)Nc1ccc(COC(=O)NCc2cn(CCOCCOCCOCC)nn2)cc1)C(C)C. The quantitative estimate of drug-likeness (QED) is 0.0413. The maximum Gasteiger partial charge on any atom is 0.407 e. The van der Waals surface area contributed by atoms with E-state index in [2.05, 4.69) is 53.6 Å². The highest BCUT2D eigenvalue weighted by atomic mass is 16.6. The molecule has 0 radical (unpaired) electrons. The smallest absolute Gasteiger partial charge is 0.407 e. The summed E-state index contributed by atoms with van der Waals surface area (Å²) < 4.78 is 23.0. The number of hydrogen-bond donors (Lipinski definition) is 6. The van der Waals surface area contributed by atoms with Crippen LogP contribution in [0.25, 0.3) is 0 Å². The van der Waals surface area contributed by atoms with Crippen molar-refractivity contribution in [2.75, 3.05) is 58.1 Å². The molecule has 0 saturated heterocycles. The molecule has 20 nitrogen and oxygen atoms in total. The average molecular weight is 749 g/mol. The first-order chi connectivity index (χ1) is 25.5. The van der Waals surface area contributed by atoms with Gasteiger partial charge in [0.1, 0.15) is 24.4 Å². The minimum Gasteiger partial charge on any atom is -0.445 e. The Hall–Kier alpha value is -5.34. The lowest BCUT2D eigenvalue weighted by atomic mass is 10.0. The summed E-state index contributed by atoms with van der Waals surface area (Å²) in [6.45, 7) is 11.9. The highest BCUT2D eigenvalue weighted by molar-refractivity contribution is 5.98. The van der Waals surface area contributed by atoms with E-state index in [1.807, 2.05) is 6.92 Å². The molecule has 2 atom stereocenters. The molecule has 0 unspecified atom stereocenters. The molecule has 53 heavy (non-hydrogen) atoms. The number of nitrogens with one attached hydrogen (secondary N) is 5. The van der Waals surface area contributed by atoms with Crippen LogP contribution in [-0.4, -0.2) is 116 Å². The van der Waals surface area contributed by atoms with Gasteiger partial charge in [0.25, 0.3) is 5.91 Å². The summed E-state index contributed by atoms with van der Waals surface area (Å²) in [7, 11) is 0. The van der Waals surface area contributed by atoms with E-state index in [0.29, 0.717) is 69.6 Å². The van der Waals surface area contributed by atoms with E-state index in [4.69, 9.17) is 24.7 Å². The van der Waals surface area contributed by atoms with Gasteiger partial charge in [-0.25, -0.2) is 14.3 Å². The van der Waals surface area contributed by atoms with Crippen LogP contribution >= 0.6 is 0 Å². The molecule has 0 aliphatic carbocycles. The second kappa shape index (κ2) is 25.6. The van der Waals surface area contributed by atoms with Crippen LogP contribution in [0, 0.1) is 5.92 Å². The number of amides is 6. The second-order valence-corrected chi connectivity index (χ2v) is 11.7. The Bertz CT molecular complexity index is 1420. The average Bonchev–Trinajstić information content (AvgIpc) is 3.59. The van der Waals surface area contributed by atoms with Crippen molar-refractivity contribution in [3.63, 3.8) is 0 Å². The molecule has 2 rings (SSSR count). The van der Waals surface area contributed by atoms with Crippen molar-refractivity contribution in [1.29, 1.82) is 0 Å². The van der Waals surface area contributed by atoms with Crippen LogP contribution in [0.1, 0.15) is 44.9 Å². The molecule has 0 spiro atoms. The van der Waals surface area contributed by atoms with Crippen LogP contribution in [0.2, 0.25) is 0 Å². The van der Waals surface area contributed by atoms with Crippen molar-refractivity contribution in [2.45, 2.75) is 65.4 Å². The fourth-order valence-electron chi connectivity index (χ4n) is 4.45. The zero-order valence-corrected chi connectivity index (χ0v) is 30.5. The van der Waals surface area contributed by atoms with Crippen LogP contribution in [0.3, 0.4) is 0 Å². The standard InChI is InChI=1S/C33H52N10O10/c1-5-49-15-16-51-18-17-50-14-13-43-20-26(41-42-43)19-37-33(48)52-21-24-8-10-25(11-9-24)38-30(45)27(7-6-12-36-32(34)47)39-31(46)29(23(2)3)40-28(44)22-53-35-4/h8-11,20,23,27,29H,4-7,12-19,21-22H2,1-3H3,(H,37,48)(H,38,45)(H,39,46)(H,40,44)(H3,34,36,47)/t27-,29-/m0/s1. The van der Waals surface area contributed by atoms with Crippen molar-refractivity contribution < 1.29 is 47.8 Å². The number of alkyl carbamates (subject to hydrolysis) is 1. The van der Waals surface area contributed by atoms with E-state index >= 15 is 0 Å². The summed E-state index contributed by atoms with van der Waals surface area (Å²) in [5, 5.41) is 24.3. The number of primary amides is 1. The predicted octanol–water partition coefficient (Wildman–Crippen LogP) is 0.419. The molecule has 0 fully saturated rings. The van der Waals surface area contributed by atoms with Crippen molar-refractivity contribution in [2.24, 2.45) is 16.8 Å². The van der Waals surface area contributed by atoms with Crippen molar-refractivity contribution in [1.82, 2.24) is 36.3 Å². The normalized spacial score (nSPS) is 11.9. The lowest BCUT2D eigenvalue weighted by Gasteiger charge is -2.25. The number of hydrogen-bond acceptors (Lipinski definition) is 13. The monoisotopic (exact) mass is 748 g/mol. The van der Waals surface area contributed by atoms with Crippen molar-refractivity contribution >= 4 is 42.3 Å². The summed E-state index contributed by atoms with van der Waals surface area (Å²) >= 11 is 0. The lowest BCUT2D eigenvalue weighted by molar-refractivity contribution is -0.133. The van der Waals surface area contributed by atoms with Gasteiger partial charge in [0, 0.05) is 25.6 Å². The number of ether oxygens (including phenoxy) is 4. The molecule has 6 amide bonds. The number of aromatic nitrogens is 3. The first-order valence-corrected chi connectivity index (χ1v) is 17.2. The van der Waals surface area contributed by atoms with Crippen LogP contribution in [-0.2, 0) is 57.9 Å². The fraction of sp³-hybridized carbons (Fsp3) is 0.576. The number of oxime groups is 1. The van der Waals surface area contributed by atoms with Gasteiger partial charge in [0.2, 0.25) is 11.8 Å². The topological polar surface area (TPSA) is 261 Å². The molecule has 1 heterocycles. The molecular weight excluding hydrogens is 696 g/mol. The van der Waals surface area contributed by atoms with Crippen LogP contribution in [0.15, 0.2) is 35.6 Å². The first kappa shape index (κ1) is 43.8. The third-order valence-electron chi connectivity index (χ3n) is 7.16. The number of nitrogens with zero attached hydrogens (tertiary/aromatic N) is 4. The zero-order valence-electron chi connectivity index (χ0n) is 30.5. The van der Waals surface area contributed by atoms with Gasteiger partial charge >= 0.3 is 12.1 Å². The zero-order chi connectivity index (χ0) is 38.8. The molecule has 0 bridgehead atoms. The molecule has 2 aromatic rings. The second-order valence-electron chi connectivity index (χ2n) is 11.7. The summed E-state index contributed by atoms with van der Waals surface area (Å²) in [5.74, 6) is -2.04. The Kier molecular flexibility index (Phi) is 21.2. The third-order valence-corrected chi connectivity index (χ3v) is 7.16. The highest BCUT2D eigenvalue weighted by Gasteiger charge is 2.29. The van der Waals surface area contributed by atoms with Gasteiger partial charge in [-0.15, -0.1) is 10.3 Å². The molecular formula is C33H52N10O10. The number of urea groups is 1. The highest BCUT2D eigenvalue weighted by Crippen LogP contribution is 2.13. The third kappa shape index (κ3) is 19.2. The van der Waals surface area contributed by atoms with E-state index in [9.17, 15) is 24.0 Å². The van der Waals surface area contributed by atoms with Gasteiger partial charge in [-0.3, -0.25) is 14.4 Å². The van der Waals surface area contributed by atoms with Gasteiger partial charge < -0.3 is 56.1 Å². The summed E-state index contributed by atoms with van der Waals surface area (Å²) in [6.07, 6.45) is 1.51. The molecule has 0 saturated carbocycles. The maximum atomic E-state index is 13.3. The summed E-state index contributed by atoms with van der Waals surface area (Å²) in [6, 6.07) is 3.85. The minimum atomic E-state index is -1.02. The van der Waals surface area contributed by atoms with Gasteiger partial charge in [-0.2, -0.15) is 0 Å². The van der Waals surface area contributed by atoms with Gasteiger partial charge in [-0.1, -0.05) is 31.2 Å². The van der Waals surface area contributed by atoms with Gasteiger partial charge in [0.15, 0.2) is 6.61 Å². The number of nitrogens with two attached hydrogens (primary N) is 1. The summed E-state index contributed by atoms with van der Waals surface area (Å²) in [4.78, 5) is 66.6. The Morgan fingerprint density at radius 1 is 0.943 bits per heavy atom. The largest absolute Gasteiger partial charge is 0.445 e. The minimum absolute atomic E-state index is 0.0405. The molecule has 0 aliphatic rings. The number of carbonyl (C=O) groups excluding carboxylic acids is 5. The number of rotatable bonds is 27. The Balaban J connectivity index is 1.82. The maximum absolute atomic E-state index is 13.3. The van der Waals surface area contributed by atoms with E-state index in [-0.39, 0.29) is 32.0 Å². The van der Waals surface area contributed by atoms with E-state index in [1.165, 1.54) is 0 Å². The molecule has 1 aromatic heterocycles. The molecule has 0 aliphatic heterocycles. The molecule has 20 heteroatoms. The van der Waals surface area contributed by atoms with Crippen LogP contribution in [0.5, 0.6) is 0 Å². The fourth-order valence-corrected chi connectivity index (χ4v) is 4.45. The van der Waals surface area contributed by atoms with E-state index < -0.39 is 48.5 Å². The number of benzene rings is 1. The number of anilines is 1. The Morgan fingerprint density at radius 2 is 1.64 bits per heavy atom. The Morgan fingerprint density at radius 3 is 2.30 bits per heavy atom. The van der Waals surface area contributed by atoms with Crippen molar-refractivity contribution in [3.8, 4) is 0 Å². The predicted molar refractivity (Wildman–Crippen MR) is 191 cm³/mol. The molecule has 7 N–H and O–H groups in total. The lowest BCUT2D eigenvalue weighted by Crippen LogP contribution is -2.55. The Labute approximate surface area is 308 Å². The summed E-state index contributed by atoms with van der Waals surface area (Å²) in [5.41, 5.74) is 6.73. The molecule has 294 valence electrons. The first-order valence-electron chi connectivity index (χ1n) is 17.2. The number of carbonyl (C=O) groups is 5. The van der Waals surface area contributed by atoms with Crippen LogP contribution in [0.4, 0.5) is 15.3 Å². The van der Waals surface area contributed by atoms with E-state index in [1.54, 1.807) is 49.0 Å². The van der Waals surface area contributed by atoms with Crippen molar-refractivity contribution in [3.05, 3.63) is 41.7 Å². The molecule has 1 aromatic carbocycles.